The van der Waals surface area contributed by atoms with Crippen molar-refractivity contribution in [1.82, 2.24) is 0 Å². The maximum absolute atomic E-state index is 12.6. The minimum absolute atomic E-state index is 0.0770. The quantitative estimate of drug-likeness (QED) is 0.837. The topological polar surface area (TPSA) is 41.8 Å². The lowest BCUT2D eigenvalue weighted by Crippen LogP contribution is -3.17. The highest BCUT2D eigenvalue weighted by Gasteiger charge is 2.46. The fraction of sp³-hybridized carbons (Fsp3) is 0.500. The van der Waals surface area contributed by atoms with Crippen molar-refractivity contribution < 1.29 is 14.5 Å². The van der Waals surface area contributed by atoms with Crippen LogP contribution in [0.2, 0.25) is 5.02 Å². The SMILES string of the molecule is CC1CC[NH+]([C@@H]2CC(=O)N(c3cccc(Cl)c3)C2=O)CC1. The third-order valence-electron chi connectivity index (χ3n) is 4.62. The highest BCUT2D eigenvalue weighted by molar-refractivity contribution is 6.31. The van der Waals surface area contributed by atoms with E-state index in [0.717, 1.165) is 31.8 Å². The first kappa shape index (κ1) is 14.5. The second kappa shape index (κ2) is 5.78. The molecule has 1 aromatic rings. The molecule has 21 heavy (non-hydrogen) atoms. The Morgan fingerprint density at radius 1 is 1.24 bits per heavy atom. The van der Waals surface area contributed by atoms with Crippen LogP contribution in [-0.4, -0.2) is 30.9 Å². The van der Waals surface area contributed by atoms with Crippen LogP contribution in [-0.2, 0) is 9.59 Å². The molecule has 2 aliphatic rings. The zero-order chi connectivity index (χ0) is 15.0. The molecule has 1 N–H and O–H groups in total. The van der Waals surface area contributed by atoms with Crippen LogP contribution in [0.4, 0.5) is 5.69 Å². The number of hydrogen-bond acceptors (Lipinski definition) is 2. The zero-order valence-corrected chi connectivity index (χ0v) is 12.9. The summed E-state index contributed by atoms with van der Waals surface area (Å²) in [7, 11) is 0. The Morgan fingerprint density at radius 2 is 1.95 bits per heavy atom. The van der Waals surface area contributed by atoms with Gasteiger partial charge in [-0.3, -0.25) is 9.59 Å². The lowest BCUT2D eigenvalue weighted by Gasteiger charge is -2.30. The summed E-state index contributed by atoms with van der Waals surface area (Å²) in [6.07, 6.45) is 2.57. The molecule has 1 atom stereocenters. The van der Waals surface area contributed by atoms with E-state index < -0.39 is 0 Å². The number of carbonyl (C=O) groups excluding carboxylic acids is 2. The summed E-state index contributed by atoms with van der Waals surface area (Å²) in [4.78, 5) is 27.5. The molecule has 4 nitrogen and oxygen atoms in total. The summed E-state index contributed by atoms with van der Waals surface area (Å²) < 4.78 is 0. The maximum atomic E-state index is 12.6. The van der Waals surface area contributed by atoms with Gasteiger partial charge in [-0.25, -0.2) is 4.90 Å². The lowest BCUT2D eigenvalue weighted by atomic mass is 9.97. The van der Waals surface area contributed by atoms with Gasteiger partial charge in [-0.15, -0.1) is 0 Å². The molecule has 0 aromatic heterocycles. The monoisotopic (exact) mass is 307 g/mol. The third kappa shape index (κ3) is 2.83. The van der Waals surface area contributed by atoms with Crippen LogP contribution < -0.4 is 9.80 Å². The van der Waals surface area contributed by atoms with Crippen molar-refractivity contribution in [2.24, 2.45) is 5.92 Å². The highest BCUT2D eigenvalue weighted by Crippen LogP contribution is 2.25. The second-order valence-electron chi connectivity index (χ2n) is 6.14. The molecule has 0 bridgehead atoms. The van der Waals surface area contributed by atoms with Gasteiger partial charge in [0.05, 0.1) is 25.2 Å². The number of imide groups is 1. The second-order valence-corrected chi connectivity index (χ2v) is 6.58. The van der Waals surface area contributed by atoms with Crippen LogP contribution in [0.5, 0.6) is 0 Å². The maximum Gasteiger partial charge on any atom is 0.292 e. The fourth-order valence-corrected chi connectivity index (χ4v) is 3.50. The summed E-state index contributed by atoms with van der Waals surface area (Å²) in [6, 6.07) is 6.72. The largest absolute Gasteiger partial charge is 0.324 e. The minimum atomic E-state index is -0.219. The first-order valence-electron chi connectivity index (χ1n) is 7.53. The molecule has 1 aromatic carbocycles. The average molecular weight is 308 g/mol. The summed E-state index contributed by atoms with van der Waals surface area (Å²) >= 11 is 5.97. The Hall–Kier alpha value is -1.39. The molecular formula is C16H20ClN2O2+. The Labute approximate surface area is 129 Å². The molecule has 2 saturated heterocycles. The average Bonchev–Trinajstić information content (AvgIpc) is 2.75. The van der Waals surface area contributed by atoms with Gasteiger partial charge in [0, 0.05) is 5.02 Å². The molecule has 2 fully saturated rings. The summed E-state index contributed by atoms with van der Waals surface area (Å²) in [5.74, 6) is 0.537. The smallest absolute Gasteiger partial charge is 0.292 e. The number of piperidine rings is 1. The molecule has 2 amide bonds. The number of quaternary nitrogens is 1. The van der Waals surface area contributed by atoms with Gasteiger partial charge in [0.2, 0.25) is 5.91 Å². The van der Waals surface area contributed by atoms with Gasteiger partial charge in [0.15, 0.2) is 6.04 Å². The minimum Gasteiger partial charge on any atom is -0.324 e. The Morgan fingerprint density at radius 3 is 2.62 bits per heavy atom. The Balaban J connectivity index is 1.79. The number of carbonyl (C=O) groups is 2. The summed E-state index contributed by atoms with van der Waals surface area (Å²) in [5, 5.41) is 0.538. The van der Waals surface area contributed by atoms with E-state index in [0.29, 0.717) is 17.1 Å². The van der Waals surface area contributed by atoms with E-state index in [-0.39, 0.29) is 17.9 Å². The van der Waals surface area contributed by atoms with E-state index in [4.69, 9.17) is 11.6 Å². The molecule has 5 heteroatoms. The van der Waals surface area contributed by atoms with Gasteiger partial charge in [-0.05, 0) is 37.0 Å². The van der Waals surface area contributed by atoms with Crippen molar-refractivity contribution in [1.29, 1.82) is 0 Å². The Kier molecular flexibility index (Phi) is 4.00. The van der Waals surface area contributed by atoms with Crippen LogP contribution >= 0.6 is 11.6 Å². The van der Waals surface area contributed by atoms with Gasteiger partial charge < -0.3 is 4.90 Å². The molecule has 0 aliphatic carbocycles. The first-order chi connectivity index (χ1) is 10.1. The van der Waals surface area contributed by atoms with Crippen molar-refractivity contribution >= 4 is 29.1 Å². The van der Waals surface area contributed by atoms with Crippen LogP contribution in [0.1, 0.15) is 26.2 Å². The van der Waals surface area contributed by atoms with Crippen molar-refractivity contribution in [2.45, 2.75) is 32.2 Å². The summed E-state index contributed by atoms with van der Waals surface area (Å²) in [6.45, 7) is 4.21. The van der Waals surface area contributed by atoms with E-state index in [1.165, 1.54) is 9.80 Å². The van der Waals surface area contributed by atoms with Crippen molar-refractivity contribution in [3.63, 3.8) is 0 Å². The normalized spacial score (nSPS) is 30.0. The van der Waals surface area contributed by atoms with Gasteiger partial charge in [0.25, 0.3) is 5.91 Å². The van der Waals surface area contributed by atoms with E-state index >= 15 is 0 Å². The predicted molar refractivity (Wildman–Crippen MR) is 81.4 cm³/mol. The lowest BCUT2D eigenvalue weighted by molar-refractivity contribution is -0.920. The molecular weight excluding hydrogens is 288 g/mol. The number of rotatable bonds is 2. The molecule has 2 heterocycles. The number of halogens is 1. The zero-order valence-electron chi connectivity index (χ0n) is 12.1. The van der Waals surface area contributed by atoms with E-state index in [1.54, 1.807) is 24.3 Å². The number of nitrogens with zero attached hydrogens (tertiary/aromatic N) is 1. The van der Waals surface area contributed by atoms with Crippen LogP contribution in [0.15, 0.2) is 24.3 Å². The van der Waals surface area contributed by atoms with Crippen molar-refractivity contribution in [3.8, 4) is 0 Å². The van der Waals surface area contributed by atoms with Gasteiger partial charge in [-0.2, -0.15) is 0 Å². The first-order valence-corrected chi connectivity index (χ1v) is 7.91. The predicted octanol–water partition coefficient (Wildman–Crippen LogP) is 1.29. The van der Waals surface area contributed by atoms with E-state index in [2.05, 4.69) is 6.92 Å². The van der Waals surface area contributed by atoms with E-state index in [1.807, 2.05) is 0 Å². The number of anilines is 1. The Bertz CT molecular complexity index is 567. The number of hydrogen-bond donors (Lipinski definition) is 1. The van der Waals surface area contributed by atoms with Crippen LogP contribution in [0.25, 0.3) is 0 Å². The van der Waals surface area contributed by atoms with Crippen LogP contribution in [0, 0.1) is 5.92 Å². The van der Waals surface area contributed by atoms with Crippen molar-refractivity contribution in [3.05, 3.63) is 29.3 Å². The molecule has 2 aliphatic heterocycles. The highest BCUT2D eigenvalue weighted by atomic mass is 35.5. The molecule has 0 unspecified atom stereocenters. The third-order valence-corrected chi connectivity index (χ3v) is 4.86. The van der Waals surface area contributed by atoms with Gasteiger partial charge >= 0.3 is 0 Å². The van der Waals surface area contributed by atoms with Gasteiger partial charge in [-0.1, -0.05) is 24.6 Å². The van der Waals surface area contributed by atoms with Crippen molar-refractivity contribution in [2.75, 3.05) is 18.0 Å². The van der Waals surface area contributed by atoms with Gasteiger partial charge in [0.1, 0.15) is 0 Å². The molecule has 3 rings (SSSR count). The molecule has 0 saturated carbocycles. The molecule has 0 spiro atoms. The van der Waals surface area contributed by atoms with E-state index in [9.17, 15) is 9.59 Å². The molecule has 0 radical (unpaired) electrons. The standard InChI is InChI=1S/C16H19ClN2O2/c1-11-5-7-18(8-6-11)14-10-15(20)19(16(14)21)13-4-2-3-12(17)9-13/h2-4,9,11,14H,5-8,10H2,1H3/p+1/t14-/m1/s1. The number of likely N-dealkylation sites (tertiary alicyclic amines) is 1. The van der Waals surface area contributed by atoms with Crippen LogP contribution in [0.3, 0.4) is 0 Å². The summed E-state index contributed by atoms with van der Waals surface area (Å²) in [5.41, 5.74) is 0.588. The molecule has 112 valence electrons. The number of nitrogens with one attached hydrogen (secondary N) is 1. The number of amides is 2. The fourth-order valence-electron chi connectivity index (χ4n) is 3.32. The number of benzene rings is 1.